The van der Waals surface area contributed by atoms with Crippen molar-refractivity contribution in [2.45, 2.75) is 84.6 Å². The molecule has 2 aliphatic rings. The zero-order valence-corrected chi connectivity index (χ0v) is 13.6. The van der Waals surface area contributed by atoms with Gasteiger partial charge in [-0.2, -0.15) is 0 Å². The second-order valence-corrected chi connectivity index (χ2v) is 7.91. The van der Waals surface area contributed by atoms with E-state index in [-0.39, 0.29) is 5.54 Å². The number of hydrogen-bond acceptors (Lipinski definition) is 1. The van der Waals surface area contributed by atoms with Gasteiger partial charge in [0, 0.05) is 5.54 Å². The number of hydrogen-bond donors (Lipinski definition) is 1. The van der Waals surface area contributed by atoms with E-state index in [0.29, 0.717) is 0 Å². The van der Waals surface area contributed by atoms with E-state index in [0.717, 1.165) is 29.6 Å². The van der Waals surface area contributed by atoms with Crippen LogP contribution in [0.2, 0.25) is 0 Å². The first-order valence-corrected chi connectivity index (χ1v) is 8.77. The van der Waals surface area contributed by atoms with E-state index in [1.165, 1.54) is 51.4 Å². The quantitative estimate of drug-likeness (QED) is 0.764. The van der Waals surface area contributed by atoms with Crippen LogP contribution in [0.25, 0.3) is 0 Å². The molecule has 0 bridgehead atoms. The molecule has 19 heavy (non-hydrogen) atoms. The number of rotatable bonds is 3. The van der Waals surface area contributed by atoms with E-state index < -0.39 is 0 Å². The van der Waals surface area contributed by atoms with Crippen LogP contribution in [-0.4, -0.2) is 5.54 Å². The van der Waals surface area contributed by atoms with Gasteiger partial charge in [-0.25, -0.2) is 0 Å². The molecule has 0 heterocycles. The highest BCUT2D eigenvalue weighted by Gasteiger charge is 2.48. The Morgan fingerprint density at radius 3 is 2.42 bits per heavy atom. The fraction of sp³-hybridized carbons (Fsp3) is 1.00. The van der Waals surface area contributed by atoms with E-state index in [1.807, 2.05) is 0 Å². The third-order valence-electron chi connectivity index (χ3n) is 6.29. The normalized spacial score (nSPS) is 44.5. The highest BCUT2D eigenvalue weighted by molar-refractivity contribution is 5.04. The minimum absolute atomic E-state index is 0.132. The standard InChI is InChI=1S/C18H35N/c1-5-15-8-6-7-9-17(15)18(19)12-14(4)10-11-16(18)13(2)3/h13-17H,5-12,19H2,1-4H3. The van der Waals surface area contributed by atoms with Crippen molar-refractivity contribution in [2.24, 2.45) is 35.3 Å². The van der Waals surface area contributed by atoms with E-state index in [9.17, 15) is 0 Å². The van der Waals surface area contributed by atoms with Crippen molar-refractivity contribution in [3.63, 3.8) is 0 Å². The van der Waals surface area contributed by atoms with Crippen LogP contribution in [0.5, 0.6) is 0 Å². The van der Waals surface area contributed by atoms with Crippen LogP contribution in [0.15, 0.2) is 0 Å². The Bertz CT molecular complexity index is 285. The van der Waals surface area contributed by atoms with Gasteiger partial charge in [-0.3, -0.25) is 0 Å². The zero-order valence-electron chi connectivity index (χ0n) is 13.6. The molecule has 0 saturated heterocycles. The van der Waals surface area contributed by atoms with Gasteiger partial charge in [0.25, 0.3) is 0 Å². The Kier molecular flexibility index (Phi) is 4.98. The van der Waals surface area contributed by atoms with Crippen molar-refractivity contribution in [1.29, 1.82) is 0 Å². The highest BCUT2D eigenvalue weighted by atomic mass is 14.8. The van der Waals surface area contributed by atoms with Crippen LogP contribution >= 0.6 is 0 Å². The van der Waals surface area contributed by atoms with Crippen molar-refractivity contribution in [3.8, 4) is 0 Å². The Morgan fingerprint density at radius 1 is 1.11 bits per heavy atom. The molecule has 2 fully saturated rings. The predicted molar refractivity (Wildman–Crippen MR) is 84.0 cm³/mol. The monoisotopic (exact) mass is 265 g/mol. The molecule has 5 unspecified atom stereocenters. The predicted octanol–water partition coefficient (Wildman–Crippen LogP) is 4.99. The summed E-state index contributed by atoms with van der Waals surface area (Å²) in [5.41, 5.74) is 7.27. The summed E-state index contributed by atoms with van der Waals surface area (Å²) in [6.45, 7) is 9.59. The summed E-state index contributed by atoms with van der Waals surface area (Å²) < 4.78 is 0. The molecule has 0 radical (unpaired) electrons. The molecule has 5 atom stereocenters. The van der Waals surface area contributed by atoms with Crippen LogP contribution in [-0.2, 0) is 0 Å². The molecule has 2 N–H and O–H groups in total. The Morgan fingerprint density at radius 2 is 1.79 bits per heavy atom. The average Bonchev–Trinajstić information content (AvgIpc) is 2.38. The van der Waals surface area contributed by atoms with Gasteiger partial charge in [0.2, 0.25) is 0 Å². The lowest BCUT2D eigenvalue weighted by Gasteiger charge is -2.54. The van der Waals surface area contributed by atoms with Gasteiger partial charge >= 0.3 is 0 Å². The molecule has 0 aromatic carbocycles. The topological polar surface area (TPSA) is 26.0 Å². The summed E-state index contributed by atoms with van der Waals surface area (Å²) in [5.74, 6) is 4.02. The SMILES string of the molecule is CCC1CCCCC1C1(N)CC(C)CCC1C(C)C. The molecule has 0 spiro atoms. The molecular weight excluding hydrogens is 230 g/mol. The Labute approximate surface area is 120 Å². The maximum atomic E-state index is 7.14. The van der Waals surface area contributed by atoms with E-state index in [4.69, 9.17) is 5.73 Å². The maximum Gasteiger partial charge on any atom is 0.0219 e. The lowest BCUT2D eigenvalue weighted by molar-refractivity contribution is 0.0107. The smallest absolute Gasteiger partial charge is 0.0219 e. The van der Waals surface area contributed by atoms with E-state index in [1.54, 1.807) is 0 Å². The summed E-state index contributed by atoms with van der Waals surface area (Å²) in [4.78, 5) is 0. The van der Waals surface area contributed by atoms with Crippen molar-refractivity contribution in [2.75, 3.05) is 0 Å². The Hall–Kier alpha value is -0.0400. The average molecular weight is 265 g/mol. The fourth-order valence-electron chi connectivity index (χ4n) is 5.37. The number of nitrogens with two attached hydrogens (primary N) is 1. The lowest BCUT2D eigenvalue weighted by Crippen LogP contribution is -2.60. The first kappa shape index (κ1) is 15.4. The summed E-state index contributed by atoms with van der Waals surface area (Å²) in [5, 5.41) is 0. The van der Waals surface area contributed by atoms with Gasteiger partial charge in [0.15, 0.2) is 0 Å². The van der Waals surface area contributed by atoms with Gasteiger partial charge in [-0.05, 0) is 48.9 Å². The van der Waals surface area contributed by atoms with Gasteiger partial charge in [0.1, 0.15) is 0 Å². The lowest BCUT2D eigenvalue weighted by atomic mass is 9.55. The van der Waals surface area contributed by atoms with Gasteiger partial charge < -0.3 is 5.73 Å². The molecule has 2 rings (SSSR count). The molecule has 0 amide bonds. The summed E-state index contributed by atoms with van der Waals surface area (Å²) >= 11 is 0. The van der Waals surface area contributed by atoms with Crippen LogP contribution in [0.4, 0.5) is 0 Å². The molecular formula is C18H35N. The molecule has 0 aliphatic heterocycles. The molecule has 112 valence electrons. The first-order chi connectivity index (χ1) is 8.99. The molecule has 1 nitrogen and oxygen atoms in total. The molecule has 1 heteroatoms. The van der Waals surface area contributed by atoms with Crippen molar-refractivity contribution in [3.05, 3.63) is 0 Å². The minimum atomic E-state index is 0.132. The van der Waals surface area contributed by atoms with Crippen molar-refractivity contribution >= 4 is 0 Å². The zero-order chi connectivity index (χ0) is 14.0. The summed E-state index contributed by atoms with van der Waals surface area (Å²) in [6.07, 6.45) is 11.0. The Balaban J connectivity index is 2.23. The summed E-state index contributed by atoms with van der Waals surface area (Å²) in [6, 6.07) is 0. The first-order valence-electron chi connectivity index (χ1n) is 8.77. The van der Waals surface area contributed by atoms with Crippen LogP contribution in [0.1, 0.15) is 79.1 Å². The largest absolute Gasteiger partial charge is 0.325 e. The molecule has 0 aromatic heterocycles. The highest BCUT2D eigenvalue weighted by Crippen LogP contribution is 2.50. The summed E-state index contributed by atoms with van der Waals surface area (Å²) in [7, 11) is 0. The third kappa shape index (κ3) is 3.01. The van der Waals surface area contributed by atoms with Crippen LogP contribution in [0.3, 0.4) is 0 Å². The van der Waals surface area contributed by atoms with Crippen LogP contribution < -0.4 is 5.73 Å². The van der Waals surface area contributed by atoms with E-state index >= 15 is 0 Å². The second kappa shape index (κ2) is 6.16. The van der Waals surface area contributed by atoms with Gasteiger partial charge in [0.05, 0.1) is 0 Å². The fourth-order valence-corrected chi connectivity index (χ4v) is 5.37. The van der Waals surface area contributed by atoms with Gasteiger partial charge in [-0.1, -0.05) is 59.8 Å². The second-order valence-electron chi connectivity index (χ2n) is 7.91. The third-order valence-corrected chi connectivity index (χ3v) is 6.29. The molecule has 2 saturated carbocycles. The van der Waals surface area contributed by atoms with Crippen molar-refractivity contribution < 1.29 is 0 Å². The van der Waals surface area contributed by atoms with Crippen molar-refractivity contribution in [1.82, 2.24) is 0 Å². The van der Waals surface area contributed by atoms with E-state index in [2.05, 4.69) is 27.7 Å². The molecule has 2 aliphatic carbocycles. The van der Waals surface area contributed by atoms with Crippen LogP contribution in [0, 0.1) is 29.6 Å². The van der Waals surface area contributed by atoms with Gasteiger partial charge in [-0.15, -0.1) is 0 Å². The minimum Gasteiger partial charge on any atom is -0.325 e. The maximum absolute atomic E-state index is 7.14. The molecule has 0 aromatic rings.